The molecule has 0 aliphatic carbocycles. The van der Waals surface area contributed by atoms with Gasteiger partial charge in [0.25, 0.3) is 10.1 Å². The molecule has 0 amide bonds. The van der Waals surface area contributed by atoms with Crippen LogP contribution in [0, 0.1) is 0 Å². The maximum absolute atomic E-state index is 10.5. The summed E-state index contributed by atoms with van der Waals surface area (Å²) in [6, 6.07) is 0.500. The summed E-state index contributed by atoms with van der Waals surface area (Å²) in [7, 11) is -3.79. The zero-order valence-corrected chi connectivity index (χ0v) is 9.96. The van der Waals surface area contributed by atoms with Crippen molar-refractivity contribution in [1.29, 1.82) is 0 Å². The summed E-state index contributed by atoms with van der Waals surface area (Å²) in [6.45, 7) is 5.78. The average Bonchev–Trinajstić information content (AvgIpc) is 2.16. The zero-order valence-electron chi connectivity index (χ0n) is 9.15. The predicted molar refractivity (Wildman–Crippen MR) is 59.6 cm³/mol. The van der Waals surface area contributed by atoms with Gasteiger partial charge in [-0.1, -0.05) is 6.92 Å². The van der Waals surface area contributed by atoms with E-state index in [0.717, 1.165) is 32.6 Å². The minimum absolute atomic E-state index is 0.132. The first-order valence-corrected chi connectivity index (χ1v) is 7.04. The molecule has 1 heterocycles. The fraction of sp³-hybridized carbons (Fsp3) is 1.00. The van der Waals surface area contributed by atoms with Crippen molar-refractivity contribution >= 4 is 10.1 Å². The Bertz CT molecular complexity index is 279. The molecule has 1 atom stereocenters. The van der Waals surface area contributed by atoms with Gasteiger partial charge in [0.05, 0.1) is 5.75 Å². The molecule has 1 aliphatic heterocycles. The van der Waals surface area contributed by atoms with Crippen molar-refractivity contribution in [2.45, 2.75) is 25.8 Å². The molecule has 1 saturated heterocycles. The fourth-order valence-corrected chi connectivity index (χ4v) is 2.44. The van der Waals surface area contributed by atoms with Crippen molar-refractivity contribution in [3.05, 3.63) is 0 Å². The minimum atomic E-state index is -3.79. The Kier molecular flexibility index (Phi) is 4.98. The van der Waals surface area contributed by atoms with Gasteiger partial charge in [0.1, 0.15) is 0 Å². The van der Waals surface area contributed by atoms with Gasteiger partial charge in [0.15, 0.2) is 0 Å². The van der Waals surface area contributed by atoms with E-state index in [1.54, 1.807) is 0 Å². The van der Waals surface area contributed by atoms with Crippen LogP contribution < -0.4 is 5.32 Å². The molecule has 0 aromatic carbocycles. The smallest absolute Gasteiger partial charge is 0.264 e. The highest BCUT2D eigenvalue weighted by molar-refractivity contribution is 7.85. The van der Waals surface area contributed by atoms with E-state index in [4.69, 9.17) is 4.55 Å². The van der Waals surface area contributed by atoms with Crippen LogP contribution in [0.3, 0.4) is 0 Å². The van der Waals surface area contributed by atoms with Gasteiger partial charge in [-0.05, 0) is 19.4 Å². The Hall–Kier alpha value is -0.170. The van der Waals surface area contributed by atoms with Crippen molar-refractivity contribution in [2.24, 2.45) is 0 Å². The van der Waals surface area contributed by atoms with Crippen LogP contribution in [0.1, 0.15) is 19.8 Å². The molecule has 0 aromatic heterocycles. The number of hydrogen-bond acceptors (Lipinski definition) is 4. The number of rotatable bonds is 5. The third-order valence-electron chi connectivity index (χ3n) is 2.79. The summed E-state index contributed by atoms with van der Waals surface area (Å²) in [6.07, 6.45) is 1.58. The maximum atomic E-state index is 10.5. The number of piperazine rings is 1. The van der Waals surface area contributed by atoms with Gasteiger partial charge in [-0.2, -0.15) is 8.42 Å². The second-order valence-electron chi connectivity index (χ2n) is 3.94. The summed E-state index contributed by atoms with van der Waals surface area (Å²) < 4.78 is 29.7. The lowest BCUT2D eigenvalue weighted by atomic mass is 10.1. The van der Waals surface area contributed by atoms with Crippen LogP contribution >= 0.6 is 0 Å². The van der Waals surface area contributed by atoms with E-state index in [9.17, 15) is 8.42 Å². The van der Waals surface area contributed by atoms with Crippen LogP contribution in [-0.4, -0.2) is 55.8 Å². The summed E-state index contributed by atoms with van der Waals surface area (Å²) >= 11 is 0. The van der Waals surface area contributed by atoms with Crippen LogP contribution in [0.15, 0.2) is 0 Å². The SMILES string of the molecule is CCC1CNCCN1CCCS(=O)(=O)O. The summed E-state index contributed by atoms with van der Waals surface area (Å²) in [5, 5.41) is 3.31. The lowest BCUT2D eigenvalue weighted by Gasteiger charge is -2.35. The molecule has 1 aliphatic rings. The summed E-state index contributed by atoms with van der Waals surface area (Å²) in [4.78, 5) is 2.29. The molecule has 5 nitrogen and oxygen atoms in total. The zero-order chi connectivity index (χ0) is 11.3. The predicted octanol–water partition coefficient (Wildman–Crippen LogP) is -0.0519. The Morgan fingerprint density at radius 2 is 2.27 bits per heavy atom. The van der Waals surface area contributed by atoms with E-state index < -0.39 is 10.1 Å². The quantitative estimate of drug-likeness (QED) is 0.655. The van der Waals surface area contributed by atoms with Gasteiger partial charge >= 0.3 is 0 Å². The minimum Gasteiger partial charge on any atom is -0.314 e. The van der Waals surface area contributed by atoms with Gasteiger partial charge in [-0.15, -0.1) is 0 Å². The molecule has 1 rings (SSSR count). The van der Waals surface area contributed by atoms with Crippen LogP contribution in [0.5, 0.6) is 0 Å². The second-order valence-corrected chi connectivity index (χ2v) is 5.51. The molecular formula is C9H20N2O3S. The van der Waals surface area contributed by atoms with Gasteiger partial charge in [0, 0.05) is 25.7 Å². The first kappa shape index (κ1) is 12.9. The number of hydrogen-bond donors (Lipinski definition) is 2. The second kappa shape index (κ2) is 5.79. The van der Waals surface area contributed by atoms with E-state index in [-0.39, 0.29) is 5.75 Å². The average molecular weight is 236 g/mol. The molecule has 0 spiro atoms. The van der Waals surface area contributed by atoms with E-state index in [1.807, 2.05) is 0 Å². The molecular weight excluding hydrogens is 216 g/mol. The third-order valence-corrected chi connectivity index (χ3v) is 3.60. The third kappa shape index (κ3) is 4.92. The lowest BCUT2D eigenvalue weighted by molar-refractivity contribution is 0.157. The normalized spacial score (nSPS) is 24.3. The first-order chi connectivity index (χ1) is 7.03. The summed E-state index contributed by atoms with van der Waals surface area (Å²) in [5.41, 5.74) is 0. The van der Waals surface area contributed by atoms with Crippen molar-refractivity contribution in [3.63, 3.8) is 0 Å². The van der Waals surface area contributed by atoms with Crippen molar-refractivity contribution < 1.29 is 13.0 Å². The van der Waals surface area contributed by atoms with E-state index in [0.29, 0.717) is 12.5 Å². The Morgan fingerprint density at radius 3 is 2.87 bits per heavy atom. The van der Waals surface area contributed by atoms with Crippen LogP contribution in [0.2, 0.25) is 0 Å². The van der Waals surface area contributed by atoms with Crippen LogP contribution in [0.25, 0.3) is 0 Å². The van der Waals surface area contributed by atoms with Crippen LogP contribution in [-0.2, 0) is 10.1 Å². The monoisotopic (exact) mass is 236 g/mol. The van der Waals surface area contributed by atoms with Gasteiger partial charge in [-0.25, -0.2) is 0 Å². The lowest BCUT2D eigenvalue weighted by Crippen LogP contribution is -2.51. The number of nitrogens with zero attached hydrogens (tertiary/aromatic N) is 1. The van der Waals surface area contributed by atoms with E-state index in [1.165, 1.54) is 0 Å². The summed E-state index contributed by atoms with van der Waals surface area (Å²) in [5.74, 6) is -0.132. The Labute approximate surface area is 91.6 Å². The Balaban J connectivity index is 2.29. The highest BCUT2D eigenvalue weighted by Crippen LogP contribution is 2.07. The molecule has 0 radical (unpaired) electrons. The highest BCUT2D eigenvalue weighted by atomic mass is 32.2. The molecule has 15 heavy (non-hydrogen) atoms. The largest absolute Gasteiger partial charge is 0.314 e. The molecule has 90 valence electrons. The van der Waals surface area contributed by atoms with Crippen molar-refractivity contribution in [3.8, 4) is 0 Å². The first-order valence-electron chi connectivity index (χ1n) is 5.43. The van der Waals surface area contributed by atoms with E-state index >= 15 is 0 Å². The molecule has 6 heteroatoms. The molecule has 0 bridgehead atoms. The molecule has 0 saturated carbocycles. The fourth-order valence-electron chi connectivity index (χ4n) is 1.95. The number of nitrogens with one attached hydrogen (secondary N) is 1. The Morgan fingerprint density at radius 1 is 1.53 bits per heavy atom. The van der Waals surface area contributed by atoms with E-state index in [2.05, 4.69) is 17.1 Å². The van der Waals surface area contributed by atoms with Crippen molar-refractivity contribution in [1.82, 2.24) is 10.2 Å². The topological polar surface area (TPSA) is 69.6 Å². The molecule has 0 aromatic rings. The van der Waals surface area contributed by atoms with Gasteiger partial charge < -0.3 is 5.32 Å². The van der Waals surface area contributed by atoms with Gasteiger partial charge in [0.2, 0.25) is 0 Å². The maximum Gasteiger partial charge on any atom is 0.264 e. The van der Waals surface area contributed by atoms with Crippen molar-refractivity contribution in [2.75, 3.05) is 31.9 Å². The van der Waals surface area contributed by atoms with Gasteiger partial charge in [-0.3, -0.25) is 9.45 Å². The molecule has 1 fully saturated rings. The molecule has 1 unspecified atom stereocenters. The standard InChI is InChI=1S/C9H20N2O3S/c1-2-9-8-10-4-6-11(9)5-3-7-15(12,13)14/h9-10H,2-8H2,1H3,(H,12,13,14). The van der Waals surface area contributed by atoms with Crippen LogP contribution in [0.4, 0.5) is 0 Å². The molecule has 2 N–H and O–H groups in total. The highest BCUT2D eigenvalue weighted by Gasteiger charge is 2.20.